The van der Waals surface area contributed by atoms with Crippen LogP contribution < -0.4 is 0 Å². The first-order chi connectivity index (χ1) is 15.0. The Morgan fingerprint density at radius 1 is 1.06 bits per heavy atom. The molecule has 2 aliphatic carbocycles. The van der Waals surface area contributed by atoms with Crippen molar-refractivity contribution >= 4 is 15.9 Å². The number of rotatable bonds is 6. The van der Waals surface area contributed by atoms with Crippen molar-refractivity contribution in [1.29, 1.82) is 0 Å². The van der Waals surface area contributed by atoms with Gasteiger partial charge in [-0.05, 0) is 79.8 Å². The summed E-state index contributed by atoms with van der Waals surface area (Å²) in [6, 6.07) is 9.80. The number of aromatic nitrogens is 1. The van der Waals surface area contributed by atoms with Crippen LogP contribution in [0.1, 0.15) is 48.8 Å². The van der Waals surface area contributed by atoms with Gasteiger partial charge in [-0.1, -0.05) is 12.1 Å². The van der Waals surface area contributed by atoms with Crippen molar-refractivity contribution in [3.63, 3.8) is 0 Å². The summed E-state index contributed by atoms with van der Waals surface area (Å²) in [5.41, 5.74) is 3.48. The maximum Gasteiger partial charge on any atom is 0.243 e. The Kier molecular flexibility index (Phi) is 5.56. The van der Waals surface area contributed by atoms with E-state index in [1.54, 1.807) is 16.6 Å². The second-order valence-electron chi connectivity index (χ2n) is 9.02. The molecule has 0 unspecified atom stereocenters. The quantitative estimate of drug-likeness (QED) is 0.693. The Bertz CT molecular complexity index is 1060. The summed E-state index contributed by atoms with van der Waals surface area (Å²) < 4.78 is 27.9. The topological polar surface area (TPSA) is 70.6 Å². The minimum Gasteiger partial charge on any atom is -0.335 e. The molecule has 31 heavy (non-hydrogen) atoms. The summed E-state index contributed by atoms with van der Waals surface area (Å²) in [4.78, 5) is 19.8. The van der Waals surface area contributed by atoms with Gasteiger partial charge in [0.05, 0.1) is 4.90 Å². The highest BCUT2D eigenvalue weighted by Gasteiger charge is 2.38. The average Bonchev–Trinajstić information content (AvgIpc) is 3.53. The van der Waals surface area contributed by atoms with Crippen LogP contribution in [0.25, 0.3) is 0 Å². The zero-order valence-corrected chi connectivity index (χ0v) is 18.6. The van der Waals surface area contributed by atoms with Gasteiger partial charge >= 0.3 is 0 Å². The molecule has 6 nitrogen and oxygen atoms in total. The summed E-state index contributed by atoms with van der Waals surface area (Å²) >= 11 is 0. The second-order valence-corrected chi connectivity index (χ2v) is 11.0. The molecule has 2 heterocycles. The standard InChI is InChI=1S/C24H29N3O3S/c28-24(27(22-7-8-22)17-18-3-2-12-25-16-18)20-10-13-26(14-11-20)31(29,30)23-9-6-19-4-1-5-21(19)15-23/h2-3,6,9,12,15-16,20,22H,1,4-5,7-8,10-11,13-14,17H2. The van der Waals surface area contributed by atoms with Gasteiger partial charge in [-0.3, -0.25) is 9.78 Å². The number of carbonyl (C=O) groups is 1. The van der Waals surface area contributed by atoms with Crippen LogP contribution in [0.3, 0.4) is 0 Å². The van der Waals surface area contributed by atoms with E-state index in [1.165, 1.54) is 11.1 Å². The van der Waals surface area contributed by atoms with Gasteiger partial charge in [0.15, 0.2) is 0 Å². The van der Waals surface area contributed by atoms with E-state index in [2.05, 4.69) is 4.98 Å². The monoisotopic (exact) mass is 439 g/mol. The number of pyridine rings is 1. The largest absolute Gasteiger partial charge is 0.335 e. The number of aryl methyl sites for hydroxylation is 2. The molecule has 0 atom stereocenters. The molecule has 1 aromatic carbocycles. The molecular weight excluding hydrogens is 410 g/mol. The fourth-order valence-electron chi connectivity index (χ4n) is 4.90. The molecule has 0 N–H and O–H groups in total. The van der Waals surface area contributed by atoms with Gasteiger partial charge in [0.2, 0.25) is 15.9 Å². The van der Waals surface area contributed by atoms with E-state index in [0.29, 0.717) is 43.4 Å². The maximum atomic E-state index is 13.3. The number of piperidine rings is 1. The van der Waals surface area contributed by atoms with Crippen LogP contribution in [-0.2, 0) is 34.2 Å². The molecule has 0 radical (unpaired) electrons. The lowest BCUT2D eigenvalue weighted by Gasteiger charge is -2.34. The van der Waals surface area contributed by atoms with Crippen LogP contribution in [0.2, 0.25) is 0 Å². The van der Waals surface area contributed by atoms with Crippen molar-refractivity contribution in [2.45, 2.75) is 62.4 Å². The molecule has 1 amide bonds. The van der Waals surface area contributed by atoms with Gasteiger partial charge in [-0.25, -0.2) is 8.42 Å². The van der Waals surface area contributed by atoms with Crippen LogP contribution in [-0.4, -0.2) is 47.6 Å². The van der Waals surface area contributed by atoms with Crippen molar-refractivity contribution < 1.29 is 13.2 Å². The Labute approximate surface area is 184 Å². The molecule has 0 bridgehead atoms. The van der Waals surface area contributed by atoms with E-state index in [-0.39, 0.29) is 11.8 Å². The van der Waals surface area contributed by atoms with E-state index in [4.69, 9.17) is 0 Å². The zero-order valence-electron chi connectivity index (χ0n) is 17.7. The van der Waals surface area contributed by atoms with Crippen molar-refractivity contribution in [2.75, 3.05) is 13.1 Å². The Hall–Kier alpha value is -2.25. The van der Waals surface area contributed by atoms with Gasteiger partial charge in [0.25, 0.3) is 0 Å². The van der Waals surface area contributed by atoms with E-state index in [1.807, 2.05) is 35.4 Å². The minimum atomic E-state index is -3.51. The highest BCUT2D eigenvalue weighted by atomic mass is 32.2. The van der Waals surface area contributed by atoms with Crippen molar-refractivity contribution in [3.8, 4) is 0 Å². The van der Waals surface area contributed by atoms with Gasteiger partial charge in [0.1, 0.15) is 0 Å². The number of amides is 1. The zero-order chi connectivity index (χ0) is 21.4. The van der Waals surface area contributed by atoms with Crippen LogP contribution >= 0.6 is 0 Å². The van der Waals surface area contributed by atoms with Crippen molar-refractivity contribution in [1.82, 2.24) is 14.2 Å². The fraction of sp³-hybridized carbons (Fsp3) is 0.500. The summed E-state index contributed by atoms with van der Waals surface area (Å²) in [6.07, 6.45) is 9.93. The highest BCUT2D eigenvalue weighted by molar-refractivity contribution is 7.89. The SMILES string of the molecule is O=C(C1CCN(S(=O)(=O)c2ccc3c(c2)CCC3)CC1)N(Cc1cccnc1)C1CC1. The van der Waals surface area contributed by atoms with Crippen molar-refractivity contribution in [3.05, 3.63) is 59.4 Å². The lowest BCUT2D eigenvalue weighted by molar-refractivity contribution is -0.138. The van der Waals surface area contributed by atoms with Crippen LogP contribution in [0.4, 0.5) is 0 Å². The van der Waals surface area contributed by atoms with E-state index < -0.39 is 10.0 Å². The number of sulfonamides is 1. The van der Waals surface area contributed by atoms with Gasteiger partial charge in [0, 0.05) is 44.0 Å². The van der Waals surface area contributed by atoms with Crippen LogP contribution in [0.15, 0.2) is 47.6 Å². The predicted octanol–water partition coefficient (Wildman–Crippen LogP) is 3.16. The summed E-state index contributed by atoms with van der Waals surface area (Å²) in [7, 11) is -3.51. The molecule has 3 aliphatic rings. The number of nitrogens with zero attached hydrogens (tertiary/aromatic N) is 3. The van der Waals surface area contributed by atoms with Crippen molar-refractivity contribution in [2.24, 2.45) is 5.92 Å². The second kappa shape index (κ2) is 8.36. The third-order valence-electron chi connectivity index (χ3n) is 6.86. The van der Waals surface area contributed by atoms with Gasteiger partial charge < -0.3 is 4.90 Å². The first kappa shape index (κ1) is 20.6. The van der Waals surface area contributed by atoms with E-state index in [9.17, 15) is 13.2 Å². The molecule has 5 rings (SSSR count). The third kappa shape index (κ3) is 4.26. The Morgan fingerprint density at radius 3 is 2.55 bits per heavy atom. The van der Waals surface area contributed by atoms with Gasteiger partial charge in [-0.15, -0.1) is 0 Å². The van der Waals surface area contributed by atoms with E-state index >= 15 is 0 Å². The summed E-state index contributed by atoms with van der Waals surface area (Å²) in [5.74, 6) is 0.0599. The van der Waals surface area contributed by atoms with Gasteiger partial charge in [-0.2, -0.15) is 4.31 Å². The molecule has 7 heteroatoms. The first-order valence-electron chi connectivity index (χ1n) is 11.3. The molecule has 1 saturated carbocycles. The molecule has 1 saturated heterocycles. The fourth-order valence-corrected chi connectivity index (χ4v) is 6.42. The van der Waals surface area contributed by atoms with Crippen LogP contribution in [0.5, 0.6) is 0 Å². The summed E-state index contributed by atoms with van der Waals surface area (Å²) in [5, 5.41) is 0. The number of benzene rings is 1. The molecule has 1 aliphatic heterocycles. The molecule has 2 aromatic rings. The minimum absolute atomic E-state index is 0.108. The normalized spacial score (nSPS) is 19.9. The summed E-state index contributed by atoms with van der Waals surface area (Å²) in [6.45, 7) is 1.40. The molecule has 0 spiro atoms. The molecular formula is C24H29N3O3S. The molecule has 1 aromatic heterocycles. The maximum absolute atomic E-state index is 13.3. The lowest BCUT2D eigenvalue weighted by atomic mass is 9.96. The number of carbonyl (C=O) groups excluding carboxylic acids is 1. The number of hydrogen-bond donors (Lipinski definition) is 0. The Balaban J connectivity index is 1.24. The lowest BCUT2D eigenvalue weighted by Crippen LogP contribution is -2.44. The predicted molar refractivity (Wildman–Crippen MR) is 118 cm³/mol. The van der Waals surface area contributed by atoms with Crippen LogP contribution in [0, 0.1) is 5.92 Å². The molecule has 2 fully saturated rings. The number of hydrogen-bond acceptors (Lipinski definition) is 4. The smallest absolute Gasteiger partial charge is 0.243 e. The van der Waals surface area contributed by atoms with E-state index in [0.717, 1.165) is 37.7 Å². The highest BCUT2D eigenvalue weighted by Crippen LogP contribution is 2.33. The molecule has 164 valence electrons. The average molecular weight is 440 g/mol. The number of fused-ring (bicyclic) bond motifs is 1. The first-order valence-corrected chi connectivity index (χ1v) is 12.8. The third-order valence-corrected chi connectivity index (χ3v) is 8.75. The Morgan fingerprint density at radius 2 is 1.84 bits per heavy atom.